The van der Waals surface area contributed by atoms with Gasteiger partial charge in [-0.15, -0.1) is 0 Å². The summed E-state index contributed by atoms with van der Waals surface area (Å²) < 4.78 is 1.79. The summed E-state index contributed by atoms with van der Waals surface area (Å²) in [5, 5.41) is 36.0. The molecule has 0 aromatic carbocycles. The zero-order chi connectivity index (χ0) is 41.0. The number of carbonyl (C=O) groups excluding carboxylic acids is 2. The Morgan fingerprint density at radius 3 is 1.64 bits per heavy atom. The van der Waals surface area contributed by atoms with Crippen LogP contribution in [-0.2, 0) is 16.1 Å². The Kier molecular flexibility index (Phi) is 9.52. The second kappa shape index (κ2) is 14.0. The van der Waals surface area contributed by atoms with Gasteiger partial charge in [0.25, 0.3) is 0 Å². The summed E-state index contributed by atoms with van der Waals surface area (Å²) in [4.78, 5) is 26.5. The predicted molar refractivity (Wildman–Crippen MR) is 230 cm³/mol. The van der Waals surface area contributed by atoms with Crippen LogP contribution in [0, 0.1) is 117 Å². The van der Waals surface area contributed by atoms with E-state index in [1.54, 1.807) is 4.68 Å². The molecule has 11 fully saturated rings. The van der Waals surface area contributed by atoms with Gasteiger partial charge in [0.05, 0.1) is 34.3 Å². The van der Waals surface area contributed by atoms with Crippen LogP contribution < -0.4 is 0 Å². The van der Waals surface area contributed by atoms with E-state index in [1.807, 2.05) is 13.1 Å². The first-order valence-corrected chi connectivity index (χ1v) is 25.8. The van der Waals surface area contributed by atoms with E-state index >= 15 is 0 Å². The summed E-state index contributed by atoms with van der Waals surface area (Å²) in [6.45, 7) is 9.37. The van der Waals surface area contributed by atoms with Crippen LogP contribution in [0.15, 0.2) is 6.20 Å². The van der Waals surface area contributed by atoms with Crippen molar-refractivity contribution >= 4 is 27.5 Å². The average Bonchev–Trinajstić information content (AvgIpc) is 4.15. The third-order valence-corrected chi connectivity index (χ3v) is 21.6. The number of alkyl halides is 1. The predicted octanol–water partition coefficient (Wildman–Crippen LogP) is 9.90. The summed E-state index contributed by atoms with van der Waals surface area (Å²) >= 11 is 3.46. The lowest BCUT2D eigenvalue weighted by Crippen LogP contribution is -2.52. The highest BCUT2D eigenvalue weighted by Gasteiger charge is 2.72. The molecular formula is C51H72BrN3O4. The van der Waals surface area contributed by atoms with E-state index in [0.29, 0.717) is 64.5 Å². The topological polar surface area (TPSA) is 116 Å². The molecule has 7 nitrogen and oxygen atoms in total. The van der Waals surface area contributed by atoms with Crippen LogP contribution in [0.25, 0.3) is 0 Å². The minimum absolute atomic E-state index is 0.142. The minimum atomic E-state index is -0.457. The minimum Gasteiger partial charge on any atom is -0.390 e. The molecule has 11 aliphatic rings. The quantitative estimate of drug-likeness (QED) is 0.275. The first-order valence-electron chi connectivity index (χ1n) is 24.7. The van der Waals surface area contributed by atoms with Crippen LogP contribution in [0.4, 0.5) is 0 Å². The molecule has 1 aromatic rings. The molecule has 8 heteroatoms. The van der Waals surface area contributed by atoms with Gasteiger partial charge in [0.15, 0.2) is 5.78 Å². The lowest BCUT2D eigenvalue weighted by molar-refractivity contribution is -0.136. The number of halogens is 1. The van der Waals surface area contributed by atoms with Crippen molar-refractivity contribution in [3.05, 3.63) is 17.5 Å². The Morgan fingerprint density at radius 2 is 1.17 bits per heavy atom. The van der Waals surface area contributed by atoms with E-state index in [-0.39, 0.29) is 16.7 Å². The number of hydrogen-bond donors (Lipinski definition) is 2. The van der Waals surface area contributed by atoms with Crippen molar-refractivity contribution < 1.29 is 19.8 Å². The van der Waals surface area contributed by atoms with Crippen molar-refractivity contribution in [1.29, 1.82) is 5.26 Å². The van der Waals surface area contributed by atoms with Crippen LogP contribution in [0.5, 0.6) is 0 Å². The second-order valence-electron chi connectivity index (χ2n) is 24.4. The van der Waals surface area contributed by atoms with Gasteiger partial charge in [-0.05, 0) is 223 Å². The Bertz CT molecular complexity index is 1910. The molecule has 0 radical (unpaired) electrons. The number of nitriles is 1. The number of hydrogen-bond acceptors (Lipinski definition) is 6. The smallest absolute Gasteiger partial charge is 0.158 e. The van der Waals surface area contributed by atoms with Crippen molar-refractivity contribution in [2.75, 3.05) is 5.33 Å². The maximum absolute atomic E-state index is 13.8. The average molecular weight is 871 g/mol. The van der Waals surface area contributed by atoms with E-state index in [4.69, 9.17) is 5.10 Å². The summed E-state index contributed by atoms with van der Waals surface area (Å²) in [6.07, 6.45) is 23.4. The van der Waals surface area contributed by atoms with Crippen LogP contribution in [0.3, 0.4) is 0 Å². The third kappa shape index (κ3) is 6.42. The van der Waals surface area contributed by atoms with Gasteiger partial charge < -0.3 is 10.2 Å². The van der Waals surface area contributed by atoms with Gasteiger partial charge in [0.1, 0.15) is 11.9 Å². The molecule has 322 valence electrons. The Hall–Kier alpha value is -1.56. The first kappa shape index (κ1) is 40.2. The van der Waals surface area contributed by atoms with Crippen molar-refractivity contribution in [2.24, 2.45) is 106 Å². The Labute approximate surface area is 362 Å². The normalized spacial score (nSPS) is 53.3. The van der Waals surface area contributed by atoms with Crippen molar-refractivity contribution in [3.63, 3.8) is 0 Å². The number of rotatable bonds is 6. The summed E-state index contributed by atoms with van der Waals surface area (Å²) in [5.41, 5.74) is 1.13. The van der Waals surface area contributed by atoms with Gasteiger partial charge in [-0.2, -0.15) is 10.4 Å². The largest absolute Gasteiger partial charge is 0.390 e. The van der Waals surface area contributed by atoms with E-state index in [0.717, 1.165) is 103 Å². The number of ketones is 2. The number of aromatic nitrogens is 2. The highest BCUT2D eigenvalue weighted by atomic mass is 79.9. The number of aliphatic hydroxyl groups is 2. The fourth-order valence-electron chi connectivity index (χ4n) is 18.9. The number of nitrogens with zero attached hydrogens (tertiary/aromatic N) is 3. The molecule has 0 spiro atoms. The molecule has 11 saturated carbocycles. The molecule has 59 heavy (non-hydrogen) atoms. The summed E-state index contributed by atoms with van der Waals surface area (Å²) in [7, 11) is 0. The summed E-state index contributed by atoms with van der Waals surface area (Å²) in [5.74, 6) is 12.7. The molecule has 0 saturated heterocycles. The van der Waals surface area contributed by atoms with Crippen molar-refractivity contribution in [2.45, 2.75) is 167 Å². The molecule has 12 rings (SSSR count). The first-order chi connectivity index (χ1) is 28.1. The van der Waals surface area contributed by atoms with Gasteiger partial charge in [0, 0.05) is 24.0 Å². The molecule has 11 aliphatic carbocycles. The Balaban J connectivity index is 0.000000141. The van der Waals surface area contributed by atoms with E-state index in [1.165, 1.54) is 77.0 Å². The van der Waals surface area contributed by atoms with Crippen LogP contribution in [0.1, 0.15) is 160 Å². The van der Waals surface area contributed by atoms with E-state index < -0.39 is 11.2 Å². The monoisotopic (exact) mass is 869 g/mol. The number of fused-ring (bicyclic) bond motifs is 14. The number of carbonyl (C=O) groups is 2. The molecule has 0 bridgehead atoms. The van der Waals surface area contributed by atoms with Crippen LogP contribution >= 0.6 is 15.9 Å². The zero-order valence-electron chi connectivity index (χ0n) is 36.5. The SMILES string of the molecule is C[C@@]1(O)CC[C@H]2[C@H](CC[C@@H]3[C@@H]2CC[C@@]2(C)[C@H]3[C@@H]3C[C@@H]3[C@@H]2C(=O)CBr)C1.C[C@@]1(O)CC[C@H]2[C@H](CC[C@@H]3[C@@H]2CC[C@@]2(C)[C@H]3[C@@H]3C[C@@H]3[C@@H]2C(=O)Cn2cc(C#N)c(C3CC3)n2)C1. The second-order valence-corrected chi connectivity index (χ2v) is 25.0. The van der Waals surface area contributed by atoms with Gasteiger partial charge in [0.2, 0.25) is 0 Å². The standard InChI is InChI=1S/C29H39N3O2.C22H33BrO2/c1-28(34)9-7-19-17(12-28)5-6-21-20(19)8-10-29(2)25(21)22-11-23(22)26(29)24(33)15-32-14-18(13-30)27(31-32)16-3-4-16;1-21(25)7-5-13-12(10-21)3-4-15-14(13)6-8-22(2)19(15)16-9-17(16)20(22)18(24)11-23/h14,16-17,19-23,25-26,34H,3-12,15H2,1-2H3;12-17,19-20,25H,3-11H2,1-2H3/t17-,19+,20-,21-,22-,23+,25-,26-,28-,29+;12-,13+,14-,15-,16-,17+,19-,20-,21-,22+/m11/s1. The van der Waals surface area contributed by atoms with Gasteiger partial charge in [-0.3, -0.25) is 14.3 Å². The summed E-state index contributed by atoms with van der Waals surface area (Å²) in [6, 6.07) is 2.30. The molecular weight excluding hydrogens is 798 g/mol. The highest BCUT2D eigenvalue weighted by Crippen LogP contribution is 2.76. The highest BCUT2D eigenvalue weighted by molar-refractivity contribution is 9.09. The van der Waals surface area contributed by atoms with Crippen LogP contribution in [0.2, 0.25) is 0 Å². The molecule has 20 atom stereocenters. The molecule has 1 aromatic heterocycles. The van der Waals surface area contributed by atoms with E-state index in [2.05, 4.69) is 42.8 Å². The van der Waals surface area contributed by atoms with Crippen LogP contribution in [-0.4, -0.2) is 48.1 Å². The molecule has 0 unspecified atom stereocenters. The third-order valence-electron chi connectivity index (χ3n) is 21.1. The fraction of sp³-hybridized carbons (Fsp3) is 0.882. The zero-order valence-corrected chi connectivity index (χ0v) is 38.1. The maximum atomic E-state index is 13.8. The maximum Gasteiger partial charge on any atom is 0.158 e. The van der Waals surface area contributed by atoms with Gasteiger partial charge in [-0.1, -0.05) is 29.8 Å². The van der Waals surface area contributed by atoms with E-state index in [9.17, 15) is 25.1 Å². The van der Waals surface area contributed by atoms with Crippen molar-refractivity contribution in [1.82, 2.24) is 9.78 Å². The Morgan fingerprint density at radius 1 is 0.678 bits per heavy atom. The fourth-order valence-corrected chi connectivity index (χ4v) is 19.3. The van der Waals surface area contributed by atoms with Crippen molar-refractivity contribution in [3.8, 4) is 6.07 Å². The van der Waals surface area contributed by atoms with Gasteiger partial charge in [-0.25, -0.2) is 0 Å². The molecule has 0 aliphatic heterocycles. The van der Waals surface area contributed by atoms with Gasteiger partial charge >= 0.3 is 0 Å². The number of Topliss-reactive ketones (excluding diaryl/α,β-unsaturated/α-hetero) is 2. The molecule has 0 amide bonds. The molecule has 1 heterocycles. The molecule has 2 N–H and O–H groups in total. The lowest BCUT2D eigenvalue weighted by atomic mass is 9.48. The lowest BCUT2D eigenvalue weighted by Gasteiger charge is -2.57.